The number of ether oxygens (including phenoxy) is 2. The van der Waals surface area contributed by atoms with Crippen molar-refractivity contribution in [2.24, 2.45) is 11.8 Å². The molecule has 1 aromatic carbocycles. The van der Waals surface area contributed by atoms with Crippen LogP contribution in [0.25, 0.3) is 5.57 Å². The molecule has 2 atom stereocenters. The first-order valence-corrected chi connectivity index (χ1v) is 7.90. The summed E-state index contributed by atoms with van der Waals surface area (Å²) in [4.78, 5) is 12.0. The van der Waals surface area contributed by atoms with Crippen LogP contribution in [0.15, 0.2) is 30.3 Å². The van der Waals surface area contributed by atoms with Gasteiger partial charge in [-0.1, -0.05) is 31.0 Å². The van der Waals surface area contributed by atoms with Crippen LogP contribution in [0.5, 0.6) is 5.75 Å². The fraction of sp³-hybridized carbons (Fsp3) is 0.500. The van der Waals surface area contributed by atoms with Gasteiger partial charge in [0, 0.05) is 11.6 Å². The summed E-state index contributed by atoms with van der Waals surface area (Å²) in [5, 5.41) is 0. The summed E-state index contributed by atoms with van der Waals surface area (Å²) in [6, 6.07) is 8.03. The Morgan fingerprint density at radius 3 is 3.00 bits per heavy atom. The second-order valence-electron chi connectivity index (χ2n) is 5.81. The highest BCUT2D eigenvalue weighted by molar-refractivity contribution is 5.93. The van der Waals surface area contributed by atoms with Gasteiger partial charge in [0.25, 0.3) is 0 Å². The number of fused-ring (bicyclic) bond motifs is 2. The van der Waals surface area contributed by atoms with Gasteiger partial charge in [-0.2, -0.15) is 0 Å². The summed E-state index contributed by atoms with van der Waals surface area (Å²) >= 11 is 0. The van der Waals surface area contributed by atoms with E-state index in [0.29, 0.717) is 18.4 Å². The number of allylic oxidation sites excluding steroid dienone is 1. The van der Waals surface area contributed by atoms with E-state index in [9.17, 15) is 4.79 Å². The predicted molar refractivity (Wildman–Crippen MR) is 82.0 cm³/mol. The zero-order valence-corrected chi connectivity index (χ0v) is 12.5. The van der Waals surface area contributed by atoms with Gasteiger partial charge in [0.15, 0.2) is 0 Å². The summed E-state index contributed by atoms with van der Waals surface area (Å²) in [6.45, 7) is 3.00. The number of esters is 1. The van der Waals surface area contributed by atoms with Crippen molar-refractivity contribution in [3.05, 3.63) is 35.9 Å². The molecule has 0 N–H and O–H groups in total. The Kier molecular flexibility index (Phi) is 4.28. The van der Waals surface area contributed by atoms with Gasteiger partial charge >= 0.3 is 5.97 Å². The van der Waals surface area contributed by atoms with Crippen LogP contribution in [0.4, 0.5) is 0 Å². The van der Waals surface area contributed by atoms with Crippen LogP contribution in [0, 0.1) is 11.8 Å². The van der Waals surface area contributed by atoms with Crippen LogP contribution in [-0.4, -0.2) is 19.2 Å². The highest BCUT2D eigenvalue weighted by Gasteiger charge is 2.33. The molecule has 0 radical (unpaired) electrons. The molecule has 0 amide bonds. The van der Waals surface area contributed by atoms with Crippen molar-refractivity contribution in [2.45, 2.75) is 32.6 Å². The molecule has 0 saturated heterocycles. The number of carbonyl (C=O) groups is 1. The number of rotatable bonds is 2. The molecule has 1 aliphatic heterocycles. The minimum Gasteiger partial charge on any atom is -0.493 e. The van der Waals surface area contributed by atoms with Gasteiger partial charge < -0.3 is 9.47 Å². The van der Waals surface area contributed by atoms with E-state index in [1.54, 1.807) is 6.08 Å². The second-order valence-corrected chi connectivity index (χ2v) is 5.81. The number of benzene rings is 1. The fourth-order valence-electron chi connectivity index (χ4n) is 3.54. The van der Waals surface area contributed by atoms with Gasteiger partial charge in [-0.25, -0.2) is 4.79 Å². The first-order valence-electron chi connectivity index (χ1n) is 7.90. The molecule has 0 aromatic heterocycles. The first-order chi connectivity index (χ1) is 10.3. The van der Waals surface area contributed by atoms with Gasteiger partial charge in [-0.3, -0.25) is 0 Å². The van der Waals surface area contributed by atoms with Crippen LogP contribution in [0.1, 0.15) is 38.2 Å². The molecule has 3 heteroatoms. The molecule has 0 spiro atoms. The SMILES string of the molecule is CCOC(=O)/C=C1\c2ccccc2OC[C@@H]2CCCC[C@@H]12. The summed E-state index contributed by atoms with van der Waals surface area (Å²) in [7, 11) is 0. The van der Waals surface area contributed by atoms with Crippen LogP contribution >= 0.6 is 0 Å². The molecule has 1 fully saturated rings. The zero-order chi connectivity index (χ0) is 14.7. The largest absolute Gasteiger partial charge is 0.493 e. The minimum absolute atomic E-state index is 0.242. The highest BCUT2D eigenvalue weighted by atomic mass is 16.5. The van der Waals surface area contributed by atoms with Gasteiger partial charge in [0.05, 0.1) is 13.2 Å². The summed E-state index contributed by atoms with van der Waals surface area (Å²) in [5.74, 6) is 1.56. The quantitative estimate of drug-likeness (QED) is 0.612. The second kappa shape index (κ2) is 6.33. The first kappa shape index (κ1) is 14.2. The molecular formula is C18H22O3. The van der Waals surface area contributed by atoms with Crippen LogP contribution in [-0.2, 0) is 9.53 Å². The van der Waals surface area contributed by atoms with Crippen LogP contribution in [0.3, 0.4) is 0 Å². The normalized spacial score (nSPS) is 26.2. The number of para-hydroxylation sites is 1. The highest BCUT2D eigenvalue weighted by Crippen LogP contribution is 2.44. The predicted octanol–water partition coefficient (Wildman–Crippen LogP) is 3.83. The maximum absolute atomic E-state index is 12.0. The van der Waals surface area contributed by atoms with Gasteiger partial charge in [0.2, 0.25) is 0 Å². The molecule has 1 heterocycles. The Labute approximate surface area is 125 Å². The van der Waals surface area contributed by atoms with Crippen molar-refractivity contribution < 1.29 is 14.3 Å². The van der Waals surface area contributed by atoms with Gasteiger partial charge in [-0.05, 0) is 43.2 Å². The molecule has 3 nitrogen and oxygen atoms in total. The summed E-state index contributed by atoms with van der Waals surface area (Å²) < 4.78 is 11.1. The average molecular weight is 286 g/mol. The van der Waals surface area contributed by atoms with E-state index in [0.717, 1.165) is 29.9 Å². The Hall–Kier alpha value is -1.77. The minimum atomic E-state index is -0.242. The number of hydrogen-bond acceptors (Lipinski definition) is 3. The molecule has 2 aliphatic rings. The summed E-state index contributed by atoms with van der Waals surface area (Å²) in [5.41, 5.74) is 2.16. The average Bonchev–Trinajstić information content (AvgIpc) is 2.66. The lowest BCUT2D eigenvalue weighted by atomic mass is 9.74. The molecule has 0 bridgehead atoms. The standard InChI is InChI=1S/C18H22O3/c1-2-20-18(19)11-16-14-8-4-3-7-13(14)12-21-17-10-6-5-9-15(16)17/h5-6,9-11,13-14H,2-4,7-8,12H2,1H3/b16-11-/t13-,14+/m0/s1. The molecule has 3 rings (SSSR count). The lowest BCUT2D eigenvalue weighted by Gasteiger charge is -2.30. The van der Waals surface area contributed by atoms with Crippen LogP contribution < -0.4 is 4.74 Å². The summed E-state index contributed by atoms with van der Waals surface area (Å²) in [6.07, 6.45) is 6.49. The lowest BCUT2D eigenvalue weighted by molar-refractivity contribution is -0.137. The van der Waals surface area contributed by atoms with Crippen molar-refractivity contribution in [2.75, 3.05) is 13.2 Å². The molecule has 21 heavy (non-hydrogen) atoms. The Morgan fingerprint density at radius 2 is 2.14 bits per heavy atom. The third-order valence-electron chi connectivity index (χ3n) is 4.52. The maximum atomic E-state index is 12.0. The van der Waals surface area contributed by atoms with Gasteiger partial charge in [-0.15, -0.1) is 0 Å². The van der Waals surface area contributed by atoms with Crippen molar-refractivity contribution in [3.8, 4) is 5.75 Å². The molecule has 112 valence electrons. The molecule has 1 aromatic rings. The van der Waals surface area contributed by atoms with Crippen LogP contribution in [0.2, 0.25) is 0 Å². The van der Waals surface area contributed by atoms with Crippen molar-refractivity contribution in [1.82, 2.24) is 0 Å². The maximum Gasteiger partial charge on any atom is 0.331 e. The third kappa shape index (κ3) is 2.97. The van der Waals surface area contributed by atoms with E-state index in [1.165, 1.54) is 19.3 Å². The smallest absolute Gasteiger partial charge is 0.331 e. The van der Waals surface area contributed by atoms with Crippen molar-refractivity contribution in [1.29, 1.82) is 0 Å². The zero-order valence-electron chi connectivity index (χ0n) is 12.5. The third-order valence-corrected chi connectivity index (χ3v) is 4.52. The van der Waals surface area contributed by atoms with Crippen molar-refractivity contribution >= 4 is 11.5 Å². The molecule has 1 saturated carbocycles. The van der Waals surface area contributed by atoms with E-state index in [2.05, 4.69) is 6.07 Å². The fourth-order valence-corrected chi connectivity index (χ4v) is 3.54. The van der Waals surface area contributed by atoms with E-state index >= 15 is 0 Å². The number of hydrogen-bond donors (Lipinski definition) is 0. The Bertz CT molecular complexity index is 547. The van der Waals surface area contributed by atoms with E-state index < -0.39 is 0 Å². The van der Waals surface area contributed by atoms with Gasteiger partial charge in [0.1, 0.15) is 5.75 Å². The monoisotopic (exact) mass is 286 g/mol. The molecule has 1 aliphatic carbocycles. The molecular weight excluding hydrogens is 264 g/mol. The number of carbonyl (C=O) groups excluding carboxylic acids is 1. The van der Waals surface area contributed by atoms with E-state index in [4.69, 9.17) is 9.47 Å². The Morgan fingerprint density at radius 1 is 1.33 bits per heavy atom. The molecule has 0 unspecified atom stereocenters. The van der Waals surface area contributed by atoms with E-state index in [-0.39, 0.29) is 5.97 Å². The topological polar surface area (TPSA) is 35.5 Å². The Balaban J connectivity index is 2.02. The van der Waals surface area contributed by atoms with Crippen molar-refractivity contribution in [3.63, 3.8) is 0 Å². The lowest BCUT2D eigenvalue weighted by Crippen LogP contribution is -2.24. The van der Waals surface area contributed by atoms with E-state index in [1.807, 2.05) is 25.1 Å².